The van der Waals surface area contributed by atoms with Crippen LogP contribution in [-0.2, 0) is 37.4 Å². The van der Waals surface area contributed by atoms with Crippen molar-refractivity contribution in [2.24, 2.45) is 11.8 Å². The minimum atomic E-state index is -2.14. The molecule has 16 heteroatoms. The summed E-state index contributed by atoms with van der Waals surface area (Å²) < 4.78 is 31.7. The van der Waals surface area contributed by atoms with Crippen molar-refractivity contribution in [2.75, 3.05) is 84.5 Å². The largest absolute Gasteiger partial charge is 0.465 e. The summed E-state index contributed by atoms with van der Waals surface area (Å²) in [6, 6.07) is 6.04. The maximum absolute atomic E-state index is 13.4. The highest BCUT2D eigenvalue weighted by atomic mass is 33.1. The van der Waals surface area contributed by atoms with Crippen LogP contribution in [0.25, 0.3) is 0 Å². The van der Waals surface area contributed by atoms with E-state index < -0.39 is 16.6 Å². The van der Waals surface area contributed by atoms with Crippen LogP contribution >= 0.6 is 21.6 Å². The maximum atomic E-state index is 13.4. The van der Waals surface area contributed by atoms with E-state index in [1.165, 1.54) is 0 Å². The third-order valence-corrected chi connectivity index (χ3v) is 27.6. The van der Waals surface area contributed by atoms with Crippen molar-refractivity contribution in [3.8, 4) is 0 Å². The van der Waals surface area contributed by atoms with Gasteiger partial charge in [-0.25, -0.2) is 4.98 Å². The standard InChI is InChI=1S/C59H112N4O8S2Si2/c1-15-50(16-2)48-68-56(65)33-25-21-19-23-30-52(70-74(11,12)58(5,6)7)46-63(47-53(71-75(13,14)59(8,9)10)31-24-20-22-26-34-57(66)69-49-51(17-3)18-4)37-29-35-55(64)67-44-42-61-38-40-62(41-39-61)43-45-72-73-54-32-27-28-36-60-54/h27-28,32,36,50-53H,15-26,29-31,33-35,37-49H2,1-14H3. The van der Waals surface area contributed by atoms with Crippen molar-refractivity contribution >= 4 is 56.1 Å². The molecule has 0 N–H and O–H groups in total. The minimum absolute atomic E-state index is 0.0331. The summed E-state index contributed by atoms with van der Waals surface area (Å²) in [7, 11) is -0.685. The van der Waals surface area contributed by atoms with Gasteiger partial charge < -0.3 is 23.1 Å². The number of carbonyl (C=O) groups excluding carboxylic acids is 3. The molecule has 2 heterocycles. The summed E-state index contributed by atoms with van der Waals surface area (Å²) in [4.78, 5) is 50.3. The molecule has 436 valence electrons. The summed E-state index contributed by atoms with van der Waals surface area (Å²) >= 11 is 0. The number of hydrogen-bond donors (Lipinski definition) is 0. The molecule has 0 spiro atoms. The molecule has 12 nitrogen and oxygen atoms in total. The summed E-state index contributed by atoms with van der Waals surface area (Å²) in [5, 5.41) is 1.16. The Labute approximate surface area is 469 Å². The second-order valence-corrected chi connectivity index (χ2v) is 36.4. The van der Waals surface area contributed by atoms with Crippen LogP contribution in [-0.4, -0.2) is 151 Å². The molecule has 1 saturated heterocycles. The molecule has 2 atom stereocenters. The average Bonchev–Trinajstić information content (AvgIpc) is 3.35. The van der Waals surface area contributed by atoms with E-state index in [0.29, 0.717) is 57.3 Å². The van der Waals surface area contributed by atoms with E-state index in [9.17, 15) is 14.4 Å². The first-order chi connectivity index (χ1) is 35.5. The van der Waals surface area contributed by atoms with Crippen LogP contribution < -0.4 is 0 Å². The summed E-state index contributed by atoms with van der Waals surface area (Å²) in [5.41, 5.74) is 0. The summed E-state index contributed by atoms with van der Waals surface area (Å²) in [5.74, 6) is 1.67. The Balaban J connectivity index is 2.13. The van der Waals surface area contributed by atoms with Gasteiger partial charge in [0.1, 0.15) is 11.6 Å². The van der Waals surface area contributed by atoms with E-state index in [-0.39, 0.29) is 40.2 Å². The lowest BCUT2D eigenvalue weighted by Crippen LogP contribution is -2.50. The van der Waals surface area contributed by atoms with Gasteiger partial charge in [0.15, 0.2) is 16.6 Å². The van der Waals surface area contributed by atoms with Crippen molar-refractivity contribution in [2.45, 2.75) is 238 Å². The zero-order chi connectivity index (χ0) is 55.8. The predicted octanol–water partition coefficient (Wildman–Crippen LogP) is 14.5. The van der Waals surface area contributed by atoms with Gasteiger partial charge in [0.2, 0.25) is 0 Å². The van der Waals surface area contributed by atoms with Gasteiger partial charge in [-0.05, 0) is 110 Å². The van der Waals surface area contributed by atoms with Crippen LogP contribution in [0, 0.1) is 11.8 Å². The van der Waals surface area contributed by atoms with Gasteiger partial charge in [0.05, 0.1) is 25.4 Å². The Hall–Kier alpha value is -1.51. The molecular weight excluding hydrogens is 1010 g/mol. The first kappa shape index (κ1) is 69.6. The van der Waals surface area contributed by atoms with Gasteiger partial charge in [0.25, 0.3) is 0 Å². The van der Waals surface area contributed by atoms with E-state index in [2.05, 4.69) is 121 Å². The van der Waals surface area contributed by atoms with E-state index >= 15 is 0 Å². The minimum Gasteiger partial charge on any atom is -0.465 e. The van der Waals surface area contributed by atoms with Crippen molar-refractivity contribution in [1.82, 2.24) is 19.7 Å². The molecular formula is C59H112N4O8S2Si2. The van der Waals surface area contributed by atoms with Crippen LogP contribution in [0.5, 0.6) is 0 Å². The second kappa shape index (κ2) is 38.2. The Morgan fingerprint density at radius 2 is 1.05 bits per heavy atom. The predicted molar refractivity (Wildman–Crippen MR) is 322 cm³/mol. The number of nitrogens with zero attached hydrogens (tertiary/aromatic N) is 4. The summed E-state index contributed by atoms with van der Waals surface area (Å²) in [6.07, 6.45) is 17.7. The van der Waals surface area contributed by atoms with E-state index in [1.54, 1.807) is 10.8 Å². The van der Waals surface area contributed by atoms with E-state index in [4.69, 9.17) is 23.1 Å². The third kappa shape index (κ3) is 31.2. The monoisotopic (exact) mass is 1120 g/mol. The SMILES string of the molecule is CCC(CC)COC(=O)CCCCCCC(CN(CCCC(=O)OCCN1CCN(CCSSc2ccccn2)CC1)CC(CCCCCCC(=O)OCC(CC)CC)O[Si](C)(C)C(C)(C)C)O[Si](C)(C)C(C)(C)C. The van der Waals surface area contributed by atoms with Gasteiger partial charge in [-0.3, -0.25) is 29.1 Å². The summed E-state index contributed by atoms with van der Waals surface area (Å²) in [6.45, 7) is 41.6. The van der Waals surface area contributed by atoms with E-state index in [0.717, 1.165) is 160 Å². The molecule has 1 aliphatic heterocycles. The fourth-order valence-corrected chi connectivity index (χ4v) is 13.4. The van der Waals surface area contributed by atoms with Crippen molar-refractivity contribution in [3.63, 3.8) is 0 Å². The Morgan fingerprint density at radius 3 is 1.49 bits per heavy atom. The van der Waals surface area contributed by atoms with Crippen LogP contribution in [0.3, 0.4) is 0 Å². The number of pyridine rings is 1. The average molecular weight is 1130 g/mol. The van der Waals surface area contributed by atoms with Crippen molar-refractivity contribution in [3.05, 3.63) is 24.4 Å². The molecule has 0 saturated carbocycles. The van der Waals surface area contributed by atoms with Crippen LogP contribution in [0.4, 0.5) is 0 Å². The molecule has 1 fully saturated rings. The Morgan fingerprint density at radius 1 is 0.613 bits per heavy atom. The molecule has 0 bridgehead atoms. The zero-order valence-electron chi connectivity index (χ0n) is 50.4. The third-order valence-electron chi connectivity index (χ3n) is 16.3. The normalized spacial score (nSPS) is 15.2. The fraction of sp³-hybridized carbons (Fsp3) is 0.864. The Bertz CT molecular complexity index is 1580. The highest BCUT2D eigenvalue weighted by Gasteiger charge is 2.41. The second-order valence-electron chi connectivity index (χ2n) is 24.5. The lowest BCUT2D eigenvalue weighted by Gasteiger charge is -2.42. The molecule has 2 rings (SSSR count). The van der Waals surface area contributed by atoms with Gasteiger partial charge >= 0.3 is 17.9 Å². The smallest absolute Gasteiger partial charge is 0.305 e. The number of hydrogen-bond acceptors (Lipinski definition) is 14. The van der Waals surface area contributed by atoms with Crippen molar-refractivity contribution < 1.29 is 37.4 Å². The molecule has 2 unspecified atom stereocenters. The molecule has 0 amide bonds. The van der Waals surface area contributed by atoms with Gasteiger partial charge in [-0.2, -0.15) is 0 Å². The quantitative estimate of drug-likeness (QED) is 0.0203. The van der Waals surface area contributed by atoms with Crippen LogP contribution in [0.1, 0.15) is 185 Å². The number of esters is 3. The molecule has 1 aliphatic rings. The molecule has 1 aromatic rings. The van der Waals surface area contributed by atoms with Crippen LogP contribution in [0.15, 0.2) is 29.4 Å². The molecule has 0 aliphatic carbocycles. The lowest BCUT2D eigenvalue weighted by molar-refractivity contribution is -0.146. The maximum Gasteiger partial charge on any atom is 0.305 e. The zero-order valence-corrected chi connectivity index (χ0v) is 54.0. The Kier molecular flexibility index (Phi) is 35.4. The number of carbonyl (C=O) groups is 3. The number of rotatable bonds is 42. The number of aromatic nitrogens is 1. The molecule has 0 radical (unpaired) electrons. The van der Waals surface area contributed by atoms with Crippen molar-refractivity contribution in [1.29, 1.82) is 0 Å². The van der Waals surface area contributed by atoms with Gasteiger partial charge in [-0.1, -0.05) is 150 Å². The molecule has 75 heavy (non-hydrogen) atoms. The highest BCUT2D eigenvalue weighted by molar-refractivity contribution is 8.76. The first-order valence-corrected chi connectivity index (χ1v) is 37.9. The number of unbranched alkanes of at least 4 members (excludes halogenated alkanes) is 6. The highest BCUT2D eigenvalue weighted by Crippen LogP contribution is 2.39. The first-order valence-electron chi connectivity index (χ1n) is 29.7. The van der Waals surface area contributed by atoms with E-state index in [1.807, 2.05) is 29.1 Å². The fourth-order valence-electron chi connectivity index (χ4n) is 8.71. The molecule has 0 aromatic carbocycles. The van der Waals surface area contributed by atoms with Crippen LogP contribution in [0.2, 0.25) is 36.3 Å². The molecule has 1 aromatic heterocycles. The number of piperazine rings is 1. The van der Waals surface area contributed by atoms with Gasteiger partial charge in [0, 0.05) is 83.6 Å². The lowest BCUT2D eigenvalue weighted by atomic mass is 10.1. The number of ether oxygens (including phenoxy) is 3. The topological polar surface area (TPSA) is 120 Å². The van der Waals surface area contributed by atoms with Gasteiger partial charge in [-0.15, -0.1) is 0 Å².